The lowest BCUT2D eigenvalue weighted by Crippen LogP contribution is -2.33. The van der Waals surface area contributed by atoms with Crippen LogP contribution in [0.2, 0.25) is 0 Å². The number of hydrogen-bond donors (Lipinski definition) is 0. The Morgan fingerprint density at radius 2 is 0.870 bits per heavy atom. The number of methoxy groups -OCH3 is 2. The second-order valence-electron chi connectivity index (χ2n) is 13.5. The molecule has 0 saturated heterocycles. The molecule has 0 N–H and O–H groups in total. The van der Waals surface area contributed by atoms with Crippen LogP contribution < -0.4 is 18.9 Å². The number of benzene rings is 6. The van der Waals surface area contributed by atoms with Crippen LogP contribution in [-0.2, 0) is 11.2 Å². The molecular weight excluding hydrogens is 705 g/mol. The summed E-state index contributed by atoms with van der Waals surface area (Å²) in [5.41, 5.74) is 2.60. The van der Waals surface area contributed by atoms with Crippen molar-refractivity contribution in [2.24, 2.45) is 0 Å². The zero-order valence-electron chi connectivity index (χ0n) is 29.6. The van der Waals surface area contributed by atoms with E-state index in [-0.39, 0.29) is 0 Å². The van der Waals surface area contributed by atoms with Gasteiger partial charge in [-0.2, -0.15) is 0 Å². The Morgan fingerprint density at radius 3 is 1.30 bits per heavy atom. The van der Waals surface area contributed by atoms with Crippen molar-refractivity contribution in [1.82, 2.24) is 0 Å². The summed E-state index contributed by atoms with van der Waals surface area (Å²) in [6.45, 7) is 0. The molecule has 6 heteroatoms. The Labute approximate surface area is 321 Å². The summed E-state index contributed by atoms with van der Waals surface area (Å²) in [7, 11) is 3.38. The van der Waals surface area contributed by atoms with Crippen molar-refractivity contribution in [3.05, 3.63) is 190 Å². The maximum atomic E-state index is 7.13. The molecule has 8 aromatic rings. The first-order valence-corrected chi connectivity index (χ1v) is 19.5. The van der Waals surface area contributed by atoms with E-state index in [0.29, 0.717) is 0 Å². The number of hydrogen-bond acceptors (Lipinski definition) is 6. The van der Waals surface area contributed by atoms with E-state index in [4.69, 9.17) is 18.9 Å². The summed E-state index contributed by atoms with van der Waals surface area (Å²) in [6.07, 6.45) is 8.86. The lowest BCUT2D eigenvalue weighted by Gasteiger charge is -2.35. The first kappa shape index (κ1) is 32.6. The maximum Gasteiger partial charge on any atom is 0.187 e. The van der Waals surface area contributed by atoms with E-state index in [1.807, 2.05) is 24.3 Å². The monoisotopic (exact) mass is 738 g/mol. The highest BCUT2D eigenvalue weighted by Gasteiger charge is 2.41. The van der Waals surface area contributed by atoms with Gasteiger partial charge >= 0.3 is 0 Å². The summed E-state index contributed by atoms with van der Waals surface area (Å²) in [4.78, 5) is 4.50. The quantitative estimate of drug-likeness (QED) is 0.163. The molecule has 0 saturated carbocycles. The van der Waals surface area contributed by atoms with Gasteiger partial charge in [0.25, 0.3) is 0 Å². The van der Waals surface area contributed by atoms with Crippen LogP contribution in [0.3, 0.4) is 0 Å². The molecule has 2 aromatic heterocycles. The van der Waals surface area contributed by atoms with E-state index < -0.39 is 11.2 Å². The zero-order valence-corrected chi connectivity index (χ0v) is 31.2. The minimum Gasteiger partial charge on any atom is -0.497 e. The van der Waals surface area contributed by atoms with Gasteiger partial charge in [-0.05, 0) is 107 Å². The molecule has 4 nitrogen and oxygen atoms in total. The molecule has 10 rings (SSSR count). The summed E-state index contributed by atoms with van der Waals surface area (Å²) >= 11 is 3.50. The normalized spacial score (nSPS) is 18.5. The molecule has 4 heterocycles. The Morgan fingerprint density at radius 1 is 0.444 bits per heavy atom. The second kappa shape index (κ2) is 12.8. The minimum atomic E-state index is -0.823. The van der Waals surface area contributed by atoms with Crippen molar-refractivity contribution in [1.29, 1.82) is 0 Å². The topological polar surface area (TPSA) is 36.9 Å². The lowest BCUT2D eigenvalue weighted by atomic mass is 9.87. The molecule has 0 fully saturated rings. The fourth-order valence-corrected chi connectivity index (χ4v) is 10.1. The second-order valence-corrected chi connectivity index (χ2v) is 15.7. The molecule has 2 atom stereocenters. The zero-order chi connectivity index (χ0) is 36.3. The molecule has 0 radical (unpaired) electrons. The van der Waals surface area contributed by atoms with Gasteiger partial charge < -0.3 is 18.9 Å². The smallest absolute Gasteiger partial charge is 0.187 e. The van der Waals surface area contributed by atoms with Crippen molar-refractivity contribution < 1.29 is 18.9 Å². The standard InChI is InChI=1S/C48H34O4S2/c1-49-35-17-13-33(14-18-35)47(29-27-39-37-9-5-3-7-31(37)11-21-41(39)51-47)45-25-23-43(53-45)44-24-26-46(54-44)48(34-15-19-36(50-2)20-16-34)30-28-40-38-10-6-4-8-32(38)12-22-42(40)52-48/h3-30H,1-2H3. The van der Waals surface area contributed by atoms with Crippen LogP contribution in [0.4, 0.5) is 0 Å². The third-order valence-electron chi connectivity index (χ3n) is 10.6. The van der Waals surface area contributed by atoms with Gasteiger partial charge in [0, 0.05) is 32.0 Å². The first-order valence-electron chi connectivity index (χ1n) is 17.9. The van der Waals surface area contributed by atoms with Gasteiger partial charge in [-0.3, -0.25) is 0 Å². The Hall–Kier alpha value is -6.08. The lowest BCUT2D eigenvalue weighted by molar-refractivity contribution is 0.165. The van der Waals surface area contributed by atoms with E-state index in [2.05, 4.69) is 146 Å². The molecule has 0 amide bonds. The predicted octanol–water partition coefficient (Wildman–Crippen LogP) is 12.5. The van der Waals surface area contributed by atoms with Gasteiger partial charge in [-0.15, -0.1) is 22.7 Å². The number of ether oxygens (including phenoxy) is 4. The van der Waals surface area contributed by atoms with Crippen LogP contribution in [0.1, 0.15) is 32.0 Å². The average molecular weight is 739 g/mol. The van der Waals surface area contributed by atoms with Gasteiger partial charge in [0.1, 0.15) is 23.0 Å². The van der Waals surface area contributed by atoms with Crippen molar-refractivity contribution in [3.8, 4) is 32.8 Å². The van der Waals surface area contributed by atoms with Gasteiger partial charge in [0.15, 0.2) is 11.2 Å². The fraction of sp³-hybridized carbons (Fsp3) is 0.0833. The highest BCUT2D eigenvalue weighted by atomic mass is 32.1. The average Bonchev–Trinajstić information content (AvgIpc) is 3.95. The van der Waals surface area contributed by atoms with Crippen LogP contribution in [0.15, 0.2) is 158 Å². The minimum absolute atomic E-state index is 0.804. The van der Waals surface area contributed by atoms with Crippen molar-refractivity contribution in [2.75, 3.05) is 14.2 Å². The fourth-order valence-electron chi connectivity index (χ4n) is 7.77. The third kappa shape index (κ3) is 5.17. The van der Waals surface area contributed by atoms with E-state index in [1.54, 1.807) is 36.9 Å². The van der Waals surface area contributed by atoms with Crippen LogP contribution in [0.5, 0.6) is 23.0 Å². The van der Waals surface area contributed by atoms with Gasteiger partial charge in [-0.25, -0.2) is 0 Å². The molecule has 0 aliphatic carbocycles. The third-order valence-corrected chi connectivity index (χ3v) is 13.2. The summed E-state index contributed by atoms with van der Waals surface area (Å²) in [6, 6.07) is 50.6. The molecule has 2 aliphatic heterocycles. The van der Waals surface area contributed by atoms with E-state index in [1.165, 1.54) is 21.5 Å². The Balaban J connectivity index is 1.06. The highest BCUT2D eigenvalue weighted by molar-refractivity contribution is 7.22. The van der Waals surface area contributed by atoms with Crippen molar-refractivity contribution in [2.45, 2.75) is 11.2 Å². The summed E-state index contributed by atoms with van der Waals surface area (Å²) < 4.78 is 25.3. The maximum absolute atomic E-state index is 7.13. The van der Waals surface area contributed by atoms with E-state index >= 15 is 0 Å². The highest BCUT2D eigenvalue weighted by Crippen LogP contribution is 2.51. The van der Waals surface area contributed by atoms with Crippen molar-refractivity contribution in [3.63, 3.8) is 0 Å². The molecule has 2 aliphatic rings. The number of thiophene rings is 2. The first-order chi connectivity index (χ1) is 26.6. The van der Waals surface area contributed by atoms with E-state index in [9.17, 15) is 0 Å². The van der Waals surface area contributed by atoms with Crippen LogP contribution in [0, 0.1) is 0 Å². The molecule has 6 aromatic carbocycles. The largest absolute Gasteiger partial charge is 0.497 e. The SMILES string of the molecule is COc1ccc(C2(c3ccc(-c4ccc(C5(c6ccc(OC)cc6)C=Cc6c(ccc7ccccc67)O5)s4)s3)C=Cc3c(ccc4ccccc34)O2)cc1. The van der Waals surface area contributed by atoms with Gasteiger partial charge in [-0.1, -0.05) is 84.9 Å². The van der Waals surface area contributed by atoms with Gasteiger partial charge in [0.05, 0.1) is 24.0 Å². The van der Waals surface area contributed by atoms with Crippen LogP contribution in [-0.4, -0.2) is 14.2 Å². The predicted molar refractivity (Wildman–Crippen MR) is 222 cm³/mol. The molecular formula is C48H34O4S2. The number of rotatable bonds is 7. The van der Waals surface area contributed by atoms with E-state index in [0.717, 1.165) is 64.8 Å². The molecule has 262 valence electrons. The molecule has 54 heavy (non-hydrogen) atoms. The van der Waals surface area contributed by atoms with Crippen molar-refractivity contribution >= 4 is 56.4 Å². The Kier molecular flexibility index (Phi) is 7.72. The molecule has 0 spiro atoms. The van der Waals surface area contributed by atoms with Crippen LogP contribution >= 0.6 is 22.7 Å². The number of fused-ring (bicyclic) bond motifs is 6. The summed E-state index contributed by atoms with van der Waals surface area (Å²) in [5.74, 6) is 3.32. The molecule has 2 unspecified atom stereocenters. The Bertz CT molecular complexity index is 2560. The van der Waals surface area contributed by atoms with Crippen LogP contribution in [0.25, 0.3) is 43.5 Å². The van der Waals surface area contributed by atoms with Gasteiger partial charge in [0.2, 0.25) is 0 Å². The molecule has 0 bridgehead atoms. The summed E-state index contributed by atoms with van der Waals surface area (Å²) in [5, 5.41) is 4.73.